The van der Waals surface area contributed by atoms with Crippen LogP contribution < -0.4 is 0 Å². The average molecular weight is 124 g/mol. The molecule has 0 amide bonds. The summed E-state index contributed by atoms with van der Waals surface area (Å²) in [6.45, 7) is 2.17. The van der Waals surface area contributed by atoms with E-state index in [-0.39, 0.29) is 0 Å². The van der Waals surface area contributed by atoms with Gasteiger partial charge in [-0.05, 0) is 0 Å². The van der Waals surface area contributed by atoms with Gasteiger partial charge in [-0.15, -0.1) is 10.2 Å². The van der Waals surface area contributed by atoms with Crippen molar-refractivity contribution in [3.63, 3.8) is 0 Å². The zero-order valence-electron chi connectivity index (χ0n) is 4.87. The Labute approximate surface area is 52.5 Å². The van der Waals surface area contributed by atoms with Crippen LogP contribution in [-0.4, -0.2) is 21.4 Å². The fourth-order valence-electron chi connectivity index (χ4n) is 0.851. The summed E-state index contributed by atoms with van der Waals surface area (Å²) in [5.74, 6) is 0.876. The number of aromatic nitrogens is 3. The van der Waals surface area contributed by atoms with E-state index in [0.717, 1.165) is 19.0 Å². The van der Waals surface area contributed by atoms with Crippen molar-refractivity contribution in [1.29, 1.82) is 0 Å². The fraction of sp³-hybridized carbons (Fsp3) is 0.600. The van der Waals surface area contributed by atoms with E-state index in [1.807, 2.05) is 4.57 Å². The highest BCUT2D eigenvalue weighted by Gasteiger charge is 2.08. The number of hydrogen-bond acceptors (Lipinski definition) is 3. The van der Waals surface area contributed by atoms with Crippen LogP contribution >= 0.6 is 0 Å². The number of rotatable bonds is 0. The van der Waals surface area contributed by atoms with Gasteiger partial charge in [0.15, 0.2) is 5.82 Å². The van der Waals surface area contributed by atoms with E-state index in [1.165, 1.54) is 0 Å². The standard InChI is InChI=1S/C5H6N3O/c1-2-9-3-5-7-6-4-8(1)5/h1-3H2. The van der Waals surface area contributed by atoms with Crippen LogP contribution in [0, 0.1) is 6.33 Å². The first-order valence-corrected chi connectivity index (χ1v) is 2.84. The number of hydrogen-bond donors (Lipinski definition) is 0. The molecule has 2 rings (SSSR count). The summed E-state index contributed by atoms with van der Waals surface area (Å²) in [4.78, 5) is 0. The molecular weight excluding hydrogens is 118 g/mol. The Bertz CT molecular complexity index is 187. The molecule has 0 N–H and O–H groups in total. The molecule has 0 atom stereocenters. The van der Waals surface area contributed by atoms with Crippen LogP contribution in [0.25, 0.3) is 0 Å². The van der Waals surface area contributed by atoms with Crippen molar-refractivity contribution in [3.05, 3.63) is 12.2 Å². The van der Waals surface area contributed by atoms with E-state index in [0.29, 0.717) is 6.61 Å². The van der Waals surface area contributed by atoms with Crippen molar-refractivity contribution in [1.82, 2.24) is 14.8 Å². The molecule has 9 heavy (non-hydrogen) atoms. The van der Waals surface area contributed by atoms with Crippen LogP contribution in [0.5, 0.6) is 0 Å². The van der Waals surface area contributed by atoms with Gasteiger partial charge in [-0.1, -0.05) is 0 Å². The fourth-order valence-corrected chi connectivity index (χ4v) is 0.851. The Morgan fingerprint density at radius 2 is 2.67 bits per heavy atom. The molecule has 1 aliphatic heterocycles. The highest BCUT2D eigenvalue weighted by molar-refractivity contribution is 4.83. The van der Waals surface area contributed by atoms with Crippen molar-refractivity contribution >= 4 is 0 Å². The van der Waals surface area contributed by atoms with E-state index in [2.05, 4.69) is 16.5 Å². The summed E-state index contributed by atoms with van der Waals surface area (Å²) in [6, 6.07) is 0. The van der Waals surface area contributed by atoms with Gasteiger partial charge in [0.05, 0.1) is 6.61 Å². The van der Waals surface area contributed by atoms with Crippen LogP contribution in [0.3, 0.4) is 0 Å². The lowest BCUT2D eigenvalue weighted by Crippen LogP contribution is -2.15. The molecule has 2 heterocycles. The molecule has 4 heteroatoms. The number of nitrogens with zero attached hydrogens (tertiary/aromatic N) is 3. The zero-order valence-corrected chi connectivity index (χ0v) is 4.87. The number of ether oxygens (including phenoxy) is 1. The van der Waals surface area contributed by atoms with Gasteiger partial charge in [-0.25, -0.2) is 0 Å². The molecule has 0 aromatic carbocycles. The molecule has 1 radical (unpaired) electrons. The van der Waals surface area contributed by atoms with Crippen LogP contribution in [0.15, 0.2) is 0 Å². The molecule has 0 bridgehead atoms. The summed E-state index contributed by atoms with van der Waals surface area (Å²) in [7, 11) is 0. The van der Waals surface area contributed by atoms with Gasteiger partial charge in [0.1, 0.15) is 6.61 Å². The second-order valence-electron chi connectivity index (χ2n) is 1.92. The van der Waals surface area contributed by atoms with Gasteiger partial charge in [0.25, 0.3) is 0 Å². The van der Waals surface area contributed by atoms with Crippen LogP contribution in [0.1, 0.15) is 5.82 Å². The normalized spacial score (nSPS) is 17.3. The maximum absolute atomic E-state index is 5.11. The van der Waals surface area contributed by atoms with Gasteiger partial charge < -0.3 is 9.30 Å². The van der Waals surface area contributed by atoms with Crippen molar-refractivity contribution in [3.8, 4) is 0 Å². The first-order valence-electron chi connectivity index (χ1n) is 2.84. The van der Waals surface area contributed by atoms with Crippen LogP contribution in [-0.2, 0) is 17.9 Å². The molecular formula is C5H6N3O. The lowest BCUT2D eigenvalue weighted by molar-refractivity contribution is 0.0813. The second kappa shape index (κ2) is 1.80. The van der Waals surface area contributed by atoms with Crippen LogP contribution in [0.2, 0.25) is 0 Å². The lowest BCUT2D eigenvalue weighted by Gasteiger charge is -2.11. The van der Waals surface area contributed by atoms with Crippen molar-refractivity contribution in [2.45, 2.75) is 13.2 Å². The Hall–Kier alpha value is -0.900. The predicted molar refractivity (Wildman–Crippen MR) is 28.5 cm³/mol. The molecule has 0 fully saturated rings. The maximum Gasteiger partial charge on any atom is 0.202 e. The molecule has 0 saturated carbocycles. The van der Waals surface area contributed by atoms with Gasteiger partial charge in [-0.3, -0.25) is 0 Å². The molecule has 1 aromatic rings. The largest absolute Gasteiger partial charge is 0.372 e. The highest BCUT2D eigenvalue weighted by Crippen LogP contribution is 2.02. The molecule has 0 saturated heterocycles. The SMILES string of the molecule is [c]1nnc2n1CCOC2. The average Bonchev–Trinajstić information content (AvgIpc) is 2.33. The van der Waals surface area contributed by atoms with E-state index in [4.69, 9.17) is 4.74 Å². The highest BCUT2D eigenvalue weighted by atomic mass is 16.5. The second-order valence-corrected chi connectivity index (χ2v) is 1.92. The molecule has 4 nitrogen and oxygen atoms in total. The smallest absolute Gasteiger partial charge is 0.202 e. The molecule has 1 aromatic heterocycles. The van der Waals surface area contributed by atoms with Crippen molar-refractivity contribution in [2.75, 3.05) is 6.61 Å². The first-order chi connectivity index (χ1) is 4.47. The molecule has 47 valence electrons. The predicted octanol–water partition coefficient (Wildman–Crippen LogP) is -0.392. The molecule has 0 aliphatic carbocycles. The summed E-state index contributed by atoms with van der Waals surface area (Å²) >= 11 is 0. The third-order valence-corrected chi connectivity index (χ3v) is 1.33. The Kier molecular flexibility index (Phi) is 0.989. The third-order valence-electron chi connectivity index (χ3n) is 1.33. The van der Waals surface area contributed by atoms with E-state index in [9.17, 15) is 0 Å². The minimum Gasteiger partial charge on any atom is -0.372 e. The Morgan fingerprint density at radius 1 is 1.67 bits per heavy atom. The maximum atomic E-state index is 5.11. The summed E-state index contributed by atoms with van der Waals surface area (Å²) < 4.78 is 6.99. The monoisotopic (exact) mass is 124 g/mol. The zero-order chi connectivity index (χ0) is 6.10. The minimum absolute atomic E-state index is 0.580. The van der Waals surface area contributed by atoms with Gasteiger partial charge in [-0.2, -0.15) is 0 Å². The van der Waals surface area contributed by atoms with Gasteiger partial charge in [0, 0.05) is 6.54 Å². The minimum atomic E-state index is 0.580. The van der Waals surface area contributed by atoms with E-state index >= 15 is 0 Å². The van der Waals surface area contributed by atoms with Crippen molar-refractivity contribution < 1.29 is 4.74 Å². The Balaban J connectivity index is 2.39. The summed E-state index contributed by atoms with van der Waals surface area (Å²) in [6.07, 6.45) is 2.73. The Morgan fingerprint density at radius 3 is 3.56 bits per heavy atom. The molecule has 1 aliphatic rings. The summed E-state index contributed by atoms with van der Waals surface area (Å²) in [5, 5.41) is 7.40. The van der Waals surface area contributed by atoms with Gasteiger partial charge >= 0.3 is 0 Å². The molecule has 0 unspecified atom stereocenters. The topological polar surface area (TPSA) is 39.9 Å². The third kappa shape index (κ3) is 0.712. The quantitative estimate of drug-likeness (QED) is 0.473. The summed E-state index contributed by atoms with van der Waals surface area (Å²) in [5.41, 5.74) is 0. The first kappa shape index (κ1) is 4.93. The van der Waals surface area contributed by atoms with Crippen molar-refractivity contribution in [2.24, 2.45) is 0 Å². The van der Waals surface area contributed by atoms with Gasteiger partial charge in [0.2, 0.25) is 6.33 Å². The number of fused-ring (bicyclic) bond motifs is 1. The molecule has 0 spiro atoms. The lowest BCUT2D eigenvalue weighted by atomic mass is 10.5. The van der Waals surface area contributed by atoms with Crippen LogP contribution in [0.4, 0.5) is 0 Å². The van der Waals surface area contributed by atoms with E-state index < -0.39 is 0 Å². The van der Waals surface area contributed by atoms with E-state index in [1.54, 1.807) is 0 Å².